The number of fused-ring (bicyclic) bond motifs is 1. The summed E-state index contributed by atoms with van der Waals surface area (Å²) in [5.41, 5.74) is 11.0. The van der Waals surface area contributed by atoms with E-state index in [9.17, 15) is 10.5 Å². The van der Waals surface area contributed by atoms with Gasteiger partial charge in [-0.3, -0.25) is 4.57 Å². The van der Waals surface area contributed by atoms with Crippen molar-refractivity contribution in [1.82, 2.24) is 9.55 Å². The number of nitriles is 2. The highest BCUT2D eigenvalue weighted by atomic mass is 32.1. The number of hydrazone groups is 1. The number of hydrogen-bond donors (Lipinski definition) is 1. The minimum Gasteiger partial charge on any atom is -0.384 e. The van der Waals surface area contributed by atoms with Crippen molar-refractivity contribution in [3.8, 4) is 17.8 Å². The van der Waals surface area contributed by atoms with Crippen LogP contribution in [0.3, 0.4) is 0 Å². The molecule has 1 atom stereocenters. The lowest BCUT2D eigenvalue weighted by Crippen LogP contribution is -2.31. The van der Waals surface area contributed by atoms with Gasteiger partial charge in [-0.2, -0.15) is 20.6 Å². The number of hydrogen-bond acceptors (Lipinski definition) is 7. The molecule has 1 unspecified atom stereocenters. The van der Waals surface area contributed by atoms with E-state index in [1.165, 1.54) is 0 Å². The van der Waals surface area contributed by atoms with E-state index in [-0.39, 0.29) is 10.3 Å². The van der Waals surface area contributed by atoms with Gasteiger partial charge < -0.3 is 5.73 Å². The summed E-state index contributed by atoms with van der Waals surface area (Å²) in [4.78, 5) is 4.83. The van der Waals surface area contributed by atoms with Gasteiger partial charge in [-0.1, -0.05) is 66.7 Å². The largest absolute Gasteiger partial charge is 0.384 e. The minimum absolute atomic E-state index is 0.0153. The lowest BCUT2D eigenvalue weighted by Gasteiger charge is -2.34. The molecule has 0 amide bonds. The highest BCUT2D eigenvalue weighted by Gasteiger charge is 2.37. The van der Waals surface area contributed by atoms with Crippen molar-refractivity contribution >= 4 is 35.3 Å². The van der Waals surface area contributed by atoms with Crippen LogP contribution in [0.1, 0.15) is 24.0 Å². The van der Waals surface area contributed by atoms with E-state index in [1.54, 1.807) is 16.5 Å². The first-order chi connectivity index (χ1) is 18.0. The van der Waals surface area contributed by atoms with Gasteiger partial charge in [0.25, 0.3) is 0 Å². The summed E-state index contributed by atoms with van der Waals surface area (Å²) in [6.45, 7) is 1.74. The number of rotatable bonds is 4. The van der Waals surface area contributed by atoms with E-state index < -0.39 is 5.92 Å². The SMILES string of the molecule is CC(C1=NN(c2ccccc2)c2nc(=S)n(-c3ccccc3)c(N)c2C1c1ccccc1)=C(C#N)C#N. The van der Waals surface area contributed by atoms with Crippen LogP contribution in [-0.4, -0.2) is 15.3 Å². The maximum Gasteiger partial charge on any atom is 0.207 e. The van der Waals surface area contributed by atoms with Gasteiger partial charge in [0.15, 0.2) is 5.82 Å². The number of allylic oxidation sites excluding steroid dienone is 2. The smallest absolute Gasteiger partial charge is 0.207 e. The molecule has 2 N–H and O–H groups in total. The van der Waals surface area contributed by atoms with E-state index >= 15 is 0 Å². The molecule has 0 bridgehead atoms. The summed E-state index contributed by atoms with van der Waals surface area (Å²) < 4.78 is 2.03. The molecule has 0 fully saturated rings. The average Bonchev–Trinajstić information content (AvgIpc) is 2.94. The standard InChI is InChI=1S/C29H21N7S/c1-19(21(17-30)18-31)26-24(20-11-5-2-6-12-20)25-27(32)35(22-13-7-3-8-14-22)29(37)33-28(25)36(34-26)23-15-9-4-10-16-23/h2-16,24H,32H2,1H3. The molecule has 0 saturated carbocycles. The molecule has 1 aromatic heterocycles. The molecular weight excluding hydrogens is 478 g/mol. The molecule has 8 heteroatoms. The Hall–Kier alpha value is -5.05. The molecule has 0 spiro atoms. The fourth-order valence-corrected chi connectivity index (χ4v) is 4.78. The van der Waals surface area contributed by atoms with Gasteiger partial charge >= 0.3 is 0 Å². The van der Waals surface area contributed by atoms with Crippen LogP contribution >= 0.6 is 12.2 Å². The van der Waals surface area contributed by atoms with Crippen LogP contribution in [0.25, 0.3) is 5.69 Å². The average molecular weight is 500 g/mol. The van der Waals surface area contributed by atoms with Crippen molar-refractivity contribution in [3.63, 3.8) is 0 Å². The Balaban J connectivity index is 1.91. The summed E-state index contributed by atoms with van der Waals surface area (Å²) in [7, 11) is 0. The number of benzene rings is 3. The second-order valence-corrected chi connectivity index (χ2v) is 8.75. The zero-order chi connectivity index (χ0) is 25.9. The number of nitrogens with zero attached hydrogens (tertiary/aromatic N) is 6. The maximum atomic E-state index is 9.69. The van der Waals surface area contributed by atoms with E-state index in [2.05, 4.69) is 0 Å². The molecule has 3 aromatic carbocycles. The number of para-hydroxylation sites is 2. The Morgan fingerprint density at radius 3 is 1.97 bits per heavy atom. The lowest BCUT2D eigenvalue weighted by molar-refractivity contribution is 0.861. The summed E-state index contributed by atoms with van der Waals surface area (Å²) in [6.07, 6.45) is 0. The van der Waals surface area contributed by atoms with Crippen molar-refractivity contribution in [2.24, 2.45) is 5.10 Å². The first-order valence-electron chi connectivity index (χ1n) is 11.5. The summed E-state index contributed by atoms with van der Waals surface area (Å²) in [6, 6.07) is 32.9. The Morgan fingerprint density at radius 2 is 1.41 bits per heavy atom. The van der Waals surface area contributed by atoms with Crippen LogP contribution in [0.2, 0.25) is 0 Å². The first-order valence-corrected chi connectivity index (χ1v) is 11.9. The summed E-state index contributed by atoms with van der Waals surface area (Å²) in [5, 5.41) is 26.0. The molecule has 37 heavy (non-hydrogen) atoms. The molecule has 1 aliphatic rings. The fraction of sp³-hybridized carbons (Fsp3) is 0.0690. The maximum absolute atomic E-state index is 9.69. The topological polar surface area (TPSA) is 107 Å². The molecule has 1 aliphatic heterocycles. The van der Waals surface area contributed by atoms with Gasteiger partial charge in [0, 0.05) is 11.3 Å². The Bertz CT molecular complexity index is 1660. The number of aromatic nitrogens is 2. The quantitative estimate of drug-likeness (QED) is 0.265. The van der Waals surface area contributed by atoms with E-state index in [4.69, 9.17) is 28.0 Å². The molecular formula is C29H21N7S. The van der Waals surface area contributed by atoms with Crippen LogP contribution in [0.15, 0.2) is 107 Å². The van der Waals surface area contributed by atoms with Gasteiger partial charge in [-0.05, 0) is 49.0 Å². The van der Waals surface area contributed by atoms with Crippen LogP contribution in [0.5, 0.6) is 0 Å². The van der Waals surface area contributed by atoms with Gasteiger partial charge in [0.2, 0.25) is 4.77 Å². The molecule has 0 aliphatic carbocycles. The third-order valence-corrected chi connectivity index (χ3v) is 6.53. The first kappa shape index (κ1) is 23.7. The monoisotopic (exact) mass is 499 g/mol. The van der Waals surface area contributed by atoms with Crippen molar-refractivity contribution in [1.29, 1.82) is 10.5 Å². The molecule has 5 rings (SSSR count). The lowest BCUT2D eigenvalue weighted by atomic mass is 9.82. The summed E-state index contributed by atoms with van der Waals surface area (Å²) >= 11 is 5.73. The zero-order valence-electron chi connectivity index (χ0n) is 19.9. The van der Waals surface area contributed by atoms with Crippen molar-refractivity contribution in [2.45, 2.75) is 12.8 Å². The molecule has 4 aromatic rings. The van der Waals surface area contributed by atoms with Crippen LogP contribution in [0.4, 0.5) is 17.3 Å². The molecule has 0 saturated heterocycles. The predicted octanol–water partition coefficient (Wildman–Crippen LogP) is 6.19. The molecule has 7 nitrogen and oxygen atoms in total. The Labute approximate surface area is 219 Å². The minimum atomic E-state index is -0.495. The van der Waals surface area contributed by atoms with Crippen molar-refractivity contribution in [3.05, 3.63) is 118 Å². The molecule has 2 heterocycles. The van der Waals surface area contributed by atoms with E-state index in [0.29, 0.717) is 28.5 Å². The third kappa shape index (κ3) is 4.16. The normalized spacial score (nSPS) is 14.1. The molecule has 0 radical (unpaired) electrons. The second-order valence-electron chi connectivity index (χ2n) is 8.39. The highest BCUT2D eigenvalue weighted by molar-refractivity contribution is 7.71. The van der Waals surface area contributed by atoms with E-state index in [1.807, 2.05) is 103 Å². The van der Waals surface area contributed by atoms with Crippen LogP contribution in [0, 0.1) is 27.4 Å². The number of nitrogen functional groups attached to an aromatic ring is 1. The van der Waals surface area contributed by atoms with Gasteiger partial charge in [0.1, 0.15) is 23.5 Å². The van der Waals surface area contributed by atoms with Gasteiger partial charge in [-0.25, -0.2) is 5.01 Å². The van der Waals surface area contributed by atoms with E-state index in [0.717, 1.165) is 16.9 Å². The van der Waals surface area contributed by atoms with Crippen LogP contribution < -0.4 is 10.7 Å². The van der Waals surface area contributed by atoms with Crippen LogP contribution in [-0.2, 0) is 0 Å². The van der Waals surface area contributed by atoms with Crippen molar-refractivity contribution < 1.29 is 0 Å². The highest BCUT2D eigenvalue weighted by Crippen LogP contribution is 2.45. The summed E-state index contributed by atoms with van der Waals surface area (Å²) in [5.74, 6) is 0.416. The van der Waals surface area contributed by atoms with Gasteiger partial charge in [-0.15, -0.1) is 0 Å². The fourth-order valence-electron chi connectivity index (χ4n) is 4.48. The number of nitrogens with two attached hydrogens (primary N) is 1. The predicted molar refractivity (Wildman–Crippen MR) is 147 cm³/mol. The Kier molecular flexibility index (Phi) is 6.34. The Morgan fingerprint density at radius 1 is 0.865 bits per heavy atom. The van der Waals surface area contributed by atoms with Crippen molar-refractivity contribution in [2.75, 3.05) is 10.7 Å². The second kappa shape index (κ2) is 9.90. The zero-order valence-corrected chi connectivity index (χ0v) is 20.7. The molecule has 178 valence electrons. The van der Waals surface area contributed by atoms with Gasteiger partial charge in [0.05, 0.1) is 22.9 Å². The third-order valence-electron chi connectivity index (χ3n) is 6.25. The number of anilines is 3.